The van der Waals surface area contributed by atoms with E-state index >= 15 is 0 Å². The van der Waals surface area contributed by atoms with E-state index in [0.29, 0.717) is 0 Å². The summed E-state index contributed by atoms with van der Waals surface area (Å²) in [5.74, 6) is -25.9. The number of carbonyl (C=O) groups excluding carboxylic acids is 1. The van der Waals surface area contributed by atoms with Gasteiger partial charge in [0.25, 0.3) is 0 Å². The molecule has 0 heterocycles. The van der Waals surface area contributed by atoms with Gasteiger partial charge in [0.1, 0.15) is 0 Å². The van der Waals surface area contributed by atoms with Crippen molar-refractivity contribution in [2.75, 3.05) is 0 Å². The van der Waals surface area contributed by atoms with E-state index in [1.54, 1.807) is 0 Å². The molecule has 108 valence electrons. The Morgan fingerprint density at radius 1 is 0.722 bits per heavy atom. The van der Waals surface area contributed by atoms with Crippen molar-refractivity contribution in [1.82, 2.24) is 5.34 Å². The van der Waals surface area contributed by atoms with E-state index in [-0.39, 0.29) is 0 Å². The van der Waals surface area contributed by atoms with Crippen molar-refractivity contribution in [2.45, 2.75) is 23.9 Å². The van der Waals surface area contributed by atoms with Crippen LogP contribution >= 0.6 is 0 Å². The lowest BCUT2D eigenvalue weighted by Crippen LogP contribution is -2.64. The molecule has 0 saturated carbocycles. The molecule has 1 amide bonds. The van der Waals surface area contributed by atoms with Gasteiger partial charge in [-0.3, -0.25) is 4.79 Å². The van der Waals surface area contributed by atoms with E-state index in [2.05, 4.69) is 0 Å². The molecule has 0 bridgehead atoms. The van der Waals surface area contributed by atoms with Crippen LogP contribution in [0.5, 0.6) is 0 Å². The Hall–Kier alpha value is -1.30. The Morgan fingerprint density at radius 2 is 1.06 bits per heavy atom. The molecule has 0 spiro atoms. The number of rotatable bonds is 3. The Kier molecular flexibility index (Phi) is 3.82. The largest absolute Gasteiger partial charge is 0.460 e. The minimum Gasteiger partial charge on any atom is -0.262 e. The van der Waals surface area contributed by atoms with Gasteiger partial charge in [-0.1, -0.05) is 8.96 Å². The fraction of sp³-hybridized carbons (Fsp3) is 0.800. The standard InChI is InChI=1S/C5F11NO/c6-2(7,1(18)17(15)16)3(8,9)4(10,11)5(12,13)14. The maximum atomic E-state index is 12.3. The molecular formula is C5F11NO. The maximum Gasteiger partial charge on any atom is 0.460 e. The van der Waals surface area contributed by atoms with Crippen LogP contribution in [-0.2, 0) is 4.79 Å². The zero-order chi connectivity index (χ0) is 15.2. The maximum absolute atomic E-state index is 12.3. The van der Waals surface area contributed by atoms with Gasteiger partial charge in [-0.15, -0.1) is 0 Å². The normalized spacial score (nSPS) is 14.6. The number of hydrogen-bond donors (Lipinski definition) is 0. The van der Waals surface area contributed by atoms with Crippen molar-refractivity contribution >= 4 is 5.91 Å². The summed E-state index contributed by atoms with van der Waals surface area (Å²) < 4.78 is 130. The first-order valence-electron chi connectivity index (χ1n) is 3.47. The summed E-state index contributed by atoms with van der Waals surface area (Å²) in [6.07, 6.45) is -7.17. The van der Waals surface area contributed by atoms with Crippen molar-refractivity contribution in [3.63, 3.8) is 0 Å². The Bertz CT molecular complexity index is 331. The van der Waals surface area contributed by atoms with Gasteiger partial charge in [-0.2, -0.15) is 39.5 Å². The number of amides is 1. The number of carbonyl (C=O) groups is 1. The summed E-state index contributed by atoms with van der Waals surface area (Å²) >= 11 is 0. The van der Waals surface area contributed by atoms with Crippen LogP contribution in [0.1, 0.15) is 0 Å². The van der Waals surface area contributed by atoms with E-state index < -0.39 is 35.2 Å². The van der Waals surface area contributed by atoms with E-state index in [1.807, 2.05) is 0 Å². The Morgan fingerprint density at radius 3 is 1.28 bits per heavy atom. The fourth-order valence-electron chi connectivity index (χ4n) is 0.616. The third-order valence-corrected chi connectivity index (χ3v) is 1.57. The molecule has 0 aromatic rings. The van der Waals surface area contributed by atoms with Gasteiger partial charge < -0.3 is 0 Å². The molecule has 0 radical (unpaired) electrons. The molecule has 0 fully saturated rings. The van der Waals surface area contributed by atoms with Crippen molar-refractivity contribution in [3.05, 3.63) is 0 Å². The third-order valence-electron chi connectivity index (χ3n) is 1.57. The van der Waals surface area contributed by atoms with Crippen LogP contribution in [0.25, 0.3) is 0 Å². The molecule has 2 nitrogen and oxygen atoms in total. The average molecular weight is 299 g/mol. The number of nitrogens with zero attached hydrogens (tertiary/aromatic N) is 1. The average Bonchev–Trinajstić information content (AvgIpc) is 2.13. The SMILES string of the molecule is O=C(N(F)F)C(F)(F)C(F)(F)C(F)(F)C(F)(F)F. The highest BCUT2D eigenvalue weighted by atomic mass is 19.4. The first-order chi connectivity index (χ1) is 7.60. The minimum absolute atomic E-state index is 3.22. The quantitative estimate of drug-likeness (QED) is 0.579. The molecule has 18 heavy (non-hydrogen) atoms. The smallest absolute Gasteiger partial charge is 0.262 e. The van der Waals surface area contributed by atoms with Gasteiger partial charge in [0.05, 0.1) is 0 Å². The molecule has 0 aromatic heterocycles. The molecule has 0 saturated heterocycles. The lowest BCUT2D eigenvalue weighted by atomic mass is 10.0. The molecule has 0 aliphatic rings. The molecule has 0 atom stereocenters. The number of hydrogen-bond acceptors (Lipinski definition) is 1. The summed E-state index contributed by atoms with van der Waals surface area (Å²) in [6.45, 7) is 0. The van der Waals surface area contributed by atoms with Gasteiger partial charge in [0, 0.05) is 5.34 Å². The van der Waals surface area contributed by atoms with Gasteiger partial charge >= 0.3 is 29.9 Å². The number of halogens is 11. The van der Waals surface area contributed by atoms with E-state index in [4.69, 9.17) is 0 Å². The highest BCUT2D eigenvalue weighted by Gasteiger charge is 2.84. The predicted molar refractivity (Wildman–Crippen MR) is 30.0 cm³/mol. The fourth-order valence-corrected chi connectivity index (χ4v) is 0.616. The second kappa shape index (κ2) is 4.12. The van der Waals surface area contributed by atoms with Crippen molar-refractivity contribution in [1.29, 1.82) is 0 Å². The molecule has 0 aromatic carbocycles. The number of alkyl halides is 9. The van der Waals surface area contributed by atoms with Gasteiger partial charge in [-0.05, 0) is 0 Å². The topological polar surface area (TPSA) is 20.3 Å². The summed E-state index contributed by atoms with van der Waals surface area (Å²) in [4.78, 5) is 9.83. The highest BCUT2D eigenvalue weighted by Crippen LogP contribution is 2.53. The van der Waals surface area contributed by atoms with E-state index in [0.717, 1.165) is 0 Å². The van der Waals surface area contributed by atoms with Crippen LogP contribution in [0.15, 0.2) is 0 Å². The molecule has 0 N–H and O–H groups in total. The molecule has 0 unspecified atom stereocenters. The van der Waals surface area contributed by atoms with Gasteiger partial charge in [-0.25, -0.2) is 0 Å². The zero-order valence-electron chi connectivity index (χ0n) is 7.51. The molecule has 13 heteroatoms. The Balaban J connectivity index is 5.72. The van der Waals surface area contributed by atoms with Crippen LogP contribution in [0.3, 0.4) is 0 Å². The second-order valence-corrected chi connectivity index (χ2v) is 2.76. The van der Waals surface area contributed by atoms with Gasteiger partial charge in [0.15, 0.2) is 0 Å². The van der Waals surface area contributed by atoms with Crippen molar-refractivity contribution in [3.8, 4) is 0 Å². The summed E-state index contributed by atoms with van der Waals surface area (Å²) in [7, 11) is 0. The summed E-state index contributed by atoms with van der Waals surface area (Å²) in [5, 5.41) is -3.22. The second-order valence-electron chi connectivity index (χ2n) is 2.76. The lowest BCUT2D eigenvalue weighted by molar-refractivity contribution is -0.392. The monoisotopic (exact) mass is 299 g/mol. The lowest BCUT2D eigenvalue weighted by Gasteiger charge is -2.32. The molecule has 0 rings (SSSR count). The van der Waals surface area contributed by atoms with Crippen LogP contribution < -0.4 is 0 Å². The molecular weight excluding hydrogens is 299 g/mol. The van der Waals surface area contributed by atoms with Crippen LogP contribution in [-0.4, -0.2) is 35.2 Å². The first kappa shape index (κ1) is 16.7. The van der Waals surface area contributed by atoms with Crippen LogP contribution in [0.4, 0.5) is 48.5 Å². The Labute approximate surface area is 89.8 Å². The van der Waals surface area contributed by atoms with E-state index in [9.17, 15) is 53.3 Å². The predicted octanol–water partition coefficient (Wildman–Crippen LogP) is 3.05. The van der Waals surface area contributed by atoms with E-state index in [1.165, 1.54) is 0 Å². The highest BCUT2D eigenvalue weighted by molar-refractivity contribution is 5.83. The van der Waals surface area contributed by atoms with Crippen molar-refractivity contribution < 1.29 is 53.3 Å². The van der Waals surface area contributed by atoms with Crippen molar-refractivity contribution in [2.24, 2.45) is 0 Å². The first-order valence-corrected chi connectivity index (χ1v) is 3.47. The summed E-state index contributed by atoms with van der Waals surface area (Å²) in [6, 6.07) is 0. The molecule has 0 aliphatic heterocycles. The molecule has 0 aliphatic carbocycles. The van der Waals surface area contributed by atoms with Crippen LogP contribution in [0, 0.1) is 0 Å². The van der Waals surface area contributed by atoms with Gasteiger partial charge in [0.2, 0.25) is 0 Å². The third kappa shape index (κ3) is 2.16. The minimum atomic E-state index is -7.38. The summed E-state index contributed by atoms with van der Waals surface area (Å²) in [5.41, 5.74) is 0. The zero-order valence-corrected chi connectivity index (χ0v) is 7.51. The van der Waals surface area contributed by atoms with Crippen LogP contribution in [0.2, 0.25) is 0 Å².